The highest BCUT2D eigenvalue weighted by atomic mass is 19.3. The van der Waals surface area contributed by atoms with Crippen LogP contribution in [0.3, 0.4) is 0 Å². The molecule has 0 spiro atoms. The second-order valence-electron chi connectivity index (χ2n) is 4.23. The smallest absolute Gasteiger partial charge is 0.258 e. The second-order valence-corrected chi connectivity index (χ2v) is 4.23. The molecular weight excluding hydrogens is 248 g/mol. The Balaban J connectivity index is 2.31. The summed E-state index contributed by atoms with van der Waals surface area (Å²) in [5, 5.41) is 3.03. The topological polar surface area (TPSA) is 15.3 Å². The molecule has 1 aliphatic heterocycles. The van der Waals surface area contributed by atoms with Crippen LogP contribution in [0.15, 0.2) is 18.2 Å². The Morgan fingerprint density at radius 1 is 1.11 bits per heavy atom. The number of nitrogens with zero attached hydrogens (tertiary/aromatic N) is 1. The van der Waals surface area contributed by atoms with E-state index in [-0.39, 0.29) is 5.56 Å². The summed E-state index contributed by atoms with van der Waals surface area (Å²) in [6.45, 7) is 1.93. The zero-order chi connectivity index (χ0) is 13.1. The molecule has 1 heterocycles. The predicted octanol–water partition coefficient (Wildman–Crippen LogP) is 2.18. The Morgan fingerprint density at radius 3 is 2.39 bits per heavy atom. The largest absolute Gasteiger partial charge is 0.314 e. The van der Waals surface area contributed by atoms with Crippen molar-refractivity contribution in [3.63, 3.8) is 0 Å². The van der Waals surface area contributed by atoms with Crippen LogP contribution in [0.1, 0.15) is 11.6 Å². The van der Waals surface area contributed by atoms with E-state index in [9.17, 15) is 17.6 Å². The quantitative estimate of drug-likeness (QED) is 0.840. The molecule has 1 atom stereocenters. The lowest BCUT2D eigenvalue weighted by Crippen LogP contribution is -2.47. The molecule has 2 nitrogen and oxygen atoms in total. The standard InChI is InChI=1S/C12H14F4N2/c13-8-1-2-10(14)9(7-8)11(12(15)16)18-5-3-17-4-6-18/h1-2,7,11-12,17H,3-6H2/t11-/m0/s1. The molecule has 0 bridgehead atoms. The van der Waals surface area contributed by atoms with Crippen molar-refractivity contribution in [3.05, 3.63) is 35.4 Å². The molecule has 0 radical (unpaired) electrons. The molecule has 0 unspecified atom stereocenters. The molecule has 2 rings (SSSR count). The molecule has 1 aromatic carbocycles. The Labute approximate surface area is 103 Å². The average Bonchev–Trinajstić information content (AvgIpc) is 2.35. The fourth-order valence-corrected chi connectivity index (χ4v) is 2.19. The van der Waals surface area contributed by atoms with Gasteiger partial charge in [0.25, 0.3) is 6.43 Å². The normalized spacial score (nSPS) is 19.2. The van der Waals surface area contributed by atoms with Gasteiger partial charge in [0.15, 0.2) is 0 Å². The van der Waals surface area contributed by atoms with Crippen LogP contribution < -0.4 is 5.32 Å². The van der Waals surface area contributed by atoms with Gasteiger partial charge in [0, 0.05) is 31.7 Å². The fourth-order valence-electron chi connectivity index (χ4n) is 2.19. The van der Waals surface area contributed by atoms with Crippen LogP contribution in [-0.2, 0) is 0 Å². The van der Waals surface area contributed by atoms with Gasteiger partial charge in [-0.05, 0) is 18.2 Å². The molecule has 0 saturated carbocycles. The summed E-state index contributed by atoms with van der Waals surface area (Å²) in [5.41, 5.74) is -0.271. The van der Waals surface area contributed by atoms with E-state index in [2.05, 4.69) is 5.32 Å². The Kier molecular flexibility index (Phi) is 4.19. The maximum absolute atomic E-state index is 13.6. The highest BCUT2D eigenvalue weighted by Crippen LogP contribution is 2.30. The predicted molar refractivity (Wildman–Crippen MR) is 59.5 cm³/mol. The molecule has 100 valence electrons. The van der Waals surface area contributed by atoms with Crippen LogP contribution in [0.25, 0.3) is 0 Å². The highest BCUT2D eigenvalue weighted by molar-refractivity contribution is 5.23. The van der Waals surface area contributed by atoms with Gasteiger partial charge in [0.05, 0.1) is 6.04 Å². The summed E-state index contributed by atoms with van der Waals surface area (Å²) in [5.74, 6) is -1.49. The number of piperazine rings is 1. The Hall–Kier alpha value is -1.14. The summed E-state index contributed by atoms with van der Waals surface area (Å²) in [7, 11) is 0. The molecule has 0 amide bonds. The van der Waals surface area contributed by atoms with Gasteiger partial charge in [-0.3, -0.25) is 4.90 Å². The van der Waals surface area contributed by atoms with E-state index in [1.54, 1.807) is 0 Å². The van der Waals surface area contributed by atoms with E-state index < -0.39 is 24.1 Å². The molecule has 0 aromatic heterocycles. The fraction of sp³-hybridized carbons (Fsp3) is 0.500. The molecule has 1 aliphatic rings. The first kappa shape index (κ1) is 13.3. The summed E-state index contributed by atoms with van der Waals surface area (Å²) >= 11 is 0. The molecule has 18 heavy (non-hydrogen) atoms. The lowest BCUT2D eigenvalue weighted by atomic mass is 10.0. The third kappa shape index (κ3) is 2.81. The number of halogens is 4. The van der Waals surface area contributed by atoms with Crippen molar-refractivity contribution in [2.24, 2.45) is 0 Å². The minimum atomic E-state index is -2.75. The van der Waals surface area contributed by atoms with Gasteiger partial charge in [-0.2, -0.15) is 0 Å². The minimum absolute atomic E-state index is 0.271. The zero-order valence-electron chi connectivity index (χ0n) is 9.67. The third-order valence-corrected chi connectivity index (χ3v) is 3.06. The lowest BCUT2D eigenvalue weighted by molar-refractivity contribution is 0.0162. The van der Waals surface area contributed by atoms with E-state index in [0.29, 0.717) is 26.2 Å². The van der Waals surface area contributed by atoms with Gasteiger partial charge in [0.1, 0.15) is 11.6 Å². The summed E-state index contributed by atoms with van der Waals surface area (Å²) in [6.07, 6.45) is -2.75. The monoisotopic (exact) mass is 262 g/mol. The number of benzene rings is 1. The first-order valence-corrected chi connectivity index (χ1v) is 5.77. The lowest BCUT2D eigenvalue weighted by Gasteiger charge is -2.34. The van der Waals surface area contributed by atoms with Crippen molar-refractivity contribution >= 4 is 0 Å². The number of rotatable bonds is 3. The number of nitrogens with one attached hydrogen (secondary N) is 1. The van der Waals surface area contributed by atoms with Crippen molar-refractivity contribution < 1.29 is 17.6 Å². The van der Waals surface area contributed by atoms with Crippen LogP contribution in [0.4, 0.5) is 17.6 Å². The van der Waals surface area contributed by atoms with Gasteiger partial charge < -0.3 is 5.32 Å². The summed E-state index contributed by atoms with van der Waals surface area (Å²) in [4.78, 5) is 1.49. The summed E-state index contributed by atoms with van der Waals surface area (Å²) < 4.78 is 52.9. The average molecular weight is 262 g/mol. The van der Waals surface area contributed by atoms with Crippen molar-refractivity contribution in [2.75, 3.05) is 26.2 Å². The molecular formula is C12H14F4N2. The van der Waals surface area contributed by atoms with E-state index in [0.717, 1.165) is 18.2 Å². The SMILES string of the molecule is Fc1ccc(F)c([C@@H](C(F)F)N2CCNCC2)c1. The van der Waals surface area contributed by atoms with Crippen LogP contribution >= 0.6 is 0 Å². The van der Waals surface area contributed by atoms with Crippen molar-refractivity contribution in [3.8, 4) is 0 Å². The van der Waals surface area contributed by atoms with Gasteiger partial charge >= 0.3 is 0 Å². The Bertz CT molecular complexity index is 405. The molecule has 1 fully saturated rings. The third-order valence-electron chi connectivity index (χ3n) is 3.06. The van der Waals surface area contributed by atoms with Crippen molar-refractivity contribution in [2.45, 2.75) is 12.5 Å². The highest BCUT2D eigenvalue weighted by Gasteiger charge is 2.32. The van der Waals surface area contributed by atoms with Crippen LogP contribution in [-0.4, -0.2) is 37.5 Å². The molecule has 6 heteroatoms. The van der Waals surface area contributed by atoms with E-state index in [1.165, 1.54) is 4.90 Å². The Morgan fingerprint density at radius 2 is 1.78 bits per heavy atom. The van der Waals surface area contributed by atoms with Crippen molar-refractivity contribution in [1.29, 1.82) is 0 Å². The molecule has 1 saturated heterocycles. The van der Waals surface area contributed by atoms with Crippen molar-refractivity contribution in [1.82, 2.24) is 10.2 Å². The molecule has 1 aromatic rings. The maximum atomic E-state index is 13.6. The van der Waals surface area contributed by atoms with Gasteiger partial charge in [-0.15, -0.1) is 0 Å². The van der Waals surface area contributed by atoms with Gasteiger partial charge in [0.2, 0.25) is 0 Å². The zero-order valence-corrected chi connectivity index (χ0v) is 9.67. The van der Waals surface area contributed by atoms with Crippen LogP contribution in [0, 0.1) is 11.6 Å². The van der Waals surface area contributed by atoms with Crippen LogP contribution in [0.2, 0.25) is 0 Å². The van der Waals surface area contributed by atoms with E-state index >= 15 is 0 Å². The van der Waals surface area contributed by atoms with E-state index in [4.69, 9.17) is 0 Å². The summed E-state index contributed by atoms with van der Waals surface area (Å²) in [6, 6.07) is 1.29. The first-order valence-electron chi connectivity index (χ1n) is 5.77. The van der Waals surface area contributed by atoms with Gasteiger partial charge in [-0.25, -0.2) is 17.6 Å². The van der Waals surface area contributed by atoms with Crippen LogP contribution in [0.5, 0.6) is 0 Å². The molecule has 1 N–H and O–H groups in total. The second kappa shape index (κ2) is 5.67. The number of hydrogen-bond donors (Lipinski definition) is 1. The molecule has 0 aliphatic carbocycles. The maximum Gasteiger partial charge on any atom is 0.258 e. The van der Waals surface area contributed by atoms with Gasteiger partial charge in [-0.1, -0.05) is 0 Å². The number of hydrogen-bond acceptors (Lipinski definition) is 2. The first-order chi connectivity index (χ1) is 8.59. The van der Waals surface area contributed by atoms with E-state index in [1.807, 2.05) is 0 Å². The minimum Gasteiger partial charge on any atom is -0.314 e. The number of alkyl halides is 2.